The first kappa shape index (κ1) is 17.3. The maximum atomic E-state index is 12.1. The van der Waals surface area contributed by atoms with Crippen LogP contribution < -0.4 is 0 Å². The molecule has 134 valence electrons. The van der Waals surface area contributed by atoms with E-state index in [1.54, 1.807) is 11.2 Å². The number of carbonyl (C=O) groups excluding carboxylic acids is 1. The first-order valence-corrected chi connectivity index (χ1v) is 8.66. The SMILES string of the molecule is CN1CCN(C2CCN(C[C@@H](O)COCc3ccco3)CC2)C1=O. The number of urea groups is 1. The van der Waals surface area contributed by atoms with Gasteiger partial charge in [-0.25, -0.2) is 4.79 Å². The second-order valence-corrected chi connectivity index (χ2v) is 6.68. The van der Waals surface area contributed by atoms with Crippen LogP contribution in [0.25, 0.3) is 0 Å². The summed E-state index contributed by atoms with van der Waals surface area (Å²) in [7, 11) is 1.86. The zero-order valence-corrected chi connectivity index (χ0v) is 14.3. The molecule has 0 aliphatic carbocycles. The zero-order valence-electron chi connectivity index (χ0n) is 14.3. The van der Waals surface area contributed by atoms with Crippen LogP contribution in [-0.4, -0.2) is 84.4 Å². The van der Waals surface area contributed by atoms with Gasteiger partial charge in [0.25, 0.3) is 0 Å². The van der Waals surface area contributed by atoms with Crippen LogP contribution in [-0.2, 0) is 11.3 Å². The number of ether oxygens (including phenoxy) is 1. The fraction of sp³-hybridized carbons (Fsp3) is 0.706. The lowest BCUT2D eigenvalue weighted by Crippen LogP contribution is -2.48. The minimum atomic E-state index is -0.504. The standard InChI is InChI=1S/C17H27N3O4/c1-18-8-9-20(17(18)22)14-4-6-19(7-5-14)11-15(21)12-23-13-16-3-2-10-24-16/h2-3,10,14-15,21H,4-9,11-13H2,1H3/t15-/m1/s1. The number of nitrogens with zero attached hydrogens (tertiary/aromatic N) is 3. The molecule has 0 spiro atoms. The molecule has 1 aromatic heterocycles. The van der Waals surface area contributed by atoms with E-state index in [1.807, 2.05) is 24.1 Å². The fourth-order valence-electron chi connectivity index (χ4n) is 3.46. The van der Waals surface area contributed by atoms with Gasteiger partial charge in [0.15, 0.2) is 0 Å². The van der Waals surface area contributed by atoms with E-state index in [-0.39, 0.29) is 6.03 Å². The predicted octanol–water partition coefficient (Wildman–Crippen LogP) is 0.989. The highest BCUT2D eigenvalue weighted by Gasteiger charge is 2.33. The third-order valence-electron chi connectivity index (χ3n) is 4.85. The van der Waals surface area contributed by atoms with Crippen LogP contribution in [0.3, 0.4) is 0 Å². The number of likely N-dealkylation sites (N-methyl/N-ethyl adjacent to an activating group) is 1. The van der Waals surface area contributed by atoms with E-state index in [4.69, 9.17) is 9.15 Å². The quantitative estimate of drug-likeness (QED) is 0.803. The molecule has 0 bridgehead atoms. The Kier molecular flexibility index (Phi) is 5.76. The van der Waals surface area contributed by atoms with Crippen molar-refractivity contribution in [2.45, 2.75) is 31.6 Å². The molecule has 3 rings (SSSR count). The molecule has 0 radical (unpaired) electrons. The summed E-state index contributed by atoms with van der Waals surface area (Å²) < 4.78 is 10.7. The number of hydrogen-bond donors (Lipinski definition) is 1. The second kappa shape index (κ2) is 8.00. The van der Waals surface area contributed by atoms with E-state index in [0.29, 0.717) is 25.8 Å². The Balaban J connectivity index is 1.33. The van der Waals surface area contributed by atoms with Crippen molar-refractivity contribution in [1.29, 1.82) is 0 Å². The Labute approximate surface area is 142 Å². The fourth-order valence-corrected chi connectivity index (χ4v) is 3.46. The smallest absolute Gasteiger partial charge is 0.320 e. The van der Waals surface area contributed by atoms with Gasteiger partial charge in [0.2, 0.25) is 0 Å². The molecule has 0 saturated carbocycles. The molecule has 7 heteroatoms. The van der Waals surface area contributed by atoms with Gasteiger partial charge in [-0.05, 0) is 25.0 Å². The lowest BCUT2D eigenvalue weighted by atomic mass is 10.0. The van der Waals surface area contributed by atoms with E-state index in [0.717, 1.165) is 44.8 Å². The van der Waals surface area contributed by atoms with Gasteiger partial charge in [-0.3, -0.25) is 0 Å². The van der Waals surface area contributed by atoms with E-state index < -0.39 is 6.10 Å². The van der Waals surface area contributed by atoms with E-state index in [1.165, 1.54) is 0 Å². The monoisotopic (exact) mass is 337 g/mol. The summed E-state index contributed by atoms with van der Waals surface area (Å²) in [6.07, 6.45) is 3.05. The summed E-state index contributed by atoms with van der Waals surface area (Å²) in [4.78, 5) is 18.1. The largest absolute Gasteiger partial charge is 0.467 e. The van der Waals surface area contributed by atoms with Crippen molar-refractivity contribution in [3.8, 4) is 0 Å². The molecule has 2 fully saturated rings. The Morgan fingerprint density at radius 1 is 1.33 bits per heavy atom. The number of aliphatic hydroxyl groups is 1. The summed E-state index contributed by atoms with van der Waals surface area (Å²) in [5, 5.41) is 10.1. The molecule has 2 aliphatic rings. The second-order valence-electron chi connectivity index (χ2n) is 6.68. The Hall–Kier alpha value is -1.57. The minimum absolute atomic E-state index is 0.153. The number of furan rings is 1. The normalized spacial score (nSPS) is 21.7. The lowest BCUT2D eigenvalue weighted by molar-refractivity contribution is -0.000815. The minimum Gasteiger partial charge on any atom is -0.467 e. The van der Waals surface area contributed by atoms with E-state index in [2.05, 4.69) is 4.90 Å². The van der Waals surface area contributed by atoms with Gasteiger partial charge in [0, 0.05) is 45.8 Å². The van der Waals surface area contributed by atoms with Gasteiger partial charge >= 0.3 is 6.03 Å². The maximum Gasteiger partial charge on any atom is 0.320 e. The van der Waals surface area contributed by atoms with Crippen LogP contribution in [0.1, 0.15) is 18.6 Å². The average molecular weight is 337 g/mol. The molecule has 1 atom stereocenters. The number of rotatable bonds is 7. The molecular weight excluding hydrogens is 310 g/mol. The molecule has 2 saturated heterocycles. The Morgan fingerprint density at radius 3 is 2.75 bits per heavy atom. The summed E-state index contributed by atoms with van der Waals surface area (Å²) in [5.41, 5.74) is 0. The van der Waals surface area contributed by atoms with Crippen LogP contribution >= 0.6 is 0 Å². The number of amides is 2. The number of hydrogen-bond acceptors (Lipinski definition) is 5. The molecule has 0 aromatic carbocycles. The van der Waals surface area contributed by atoms with Crippen LogP contribution in [0.5, 0.6) is 0 Å². The van der Waals surface area contributed by atoms with E-state index >= 15 is 0 Å². The first-order chi connectivity index (χ1) is 11.6. The highest BCUT2D eigenvalue weighted by atomic mass is 16.5. The van der Waals surface area contributed by atoms with Crippen molar-refractivity contribution in [3.05, 3.63) is 24.2 Å². The van der Waals surface area contributed by atoms with Crippen molar-refractivity contribution in [2.75, 3.05) is 46.4 Å². The first-order valence-electron chi connectivity index (χ1n) is 8.66. The van der Waals surface area contributed by atoms with Crippen molar-refractivity contribution in [3.63, 3.8) is 0 Å². The Bertz CT molecular complexity index is 514. The number of carbonyl (C=O) groups is 1. The number of β-amino-alcohol motifs (C(OH)–C–C–N with tert-alkyl or cyclic N) is 1. The van der Waals surface area contributed by atoms with Crippen LogP contribution in [0.15, 0.2) is 22.8 Å². The van der Waals surface area contributed by atoms with E-state index in [9.17, 15) is 9.90 Å². The van der Waals surface area contributed by atoms with Crippen molar-refractivity contribution < 1.29 is 19.1 Å². The highest BCUT2D eigenvalue weighted by Crippen LogP contribution is 2.20. The number of likely N-dealkylation sites (tertiary alicyclic amines) is 1. The zero-order chi connectivity index (χ0) is 16.9. The lowest BCUT2D eigenvalue weighted by Gasteiger charge is -2.37. The third-order valence-corrected chi connectivity index (χ3v) is 4.85. The molecule has 24 heavy (non-hydrogen) atoms. The Morgan fingerprint density at radius 2 is 2.12 bits per heavy atom. The summed E-state index contributed by atoms with van der Waals surface area (Å²) >= 11 is 0. The number of aliphatic hydroxyl groups excluding tert-OH is 1. The van der Waals surface area contributed by atoms with Gasteiger partial charge in [0.05, 0.1) is 19.0 Å². The third kappa shape index (κ3) is 4.28. The maximum absolute atomic E-state index is 12.1. The van der Waals surface area contributed by atoms with Gasteiger partial charge in [-0.15, -0.1) is 0 Å². The summed E-state index contributed by atoms with van der Waals surface area (Å²) in [6, 6.07) is 4.17. The van der Waals surface area contributed by atoms with Crippen molar-refractivity contribution in [1.82, 2.24) is 14.7 Å². The molecule has 2 aliphatic heterocycles. The highest BCUT2D eigenvalue weighted by molar-refractivity contribution is 5.76. The molecule has 2 amide bonds. The molecule has 0 unspecified atom stereocenters. The molecule has 3 heterocycles. The molecule has 1 N–H and O–H groups in total. The van der Waals surface area contributed by atoms with Gasteiger partial charge in [-0.2, -0.15) is 0 Å². The van der Waals surface area contributed by atoms with Crippen LogP contribution in [0, 0.1) is 0 Å². The predicted molar refractivity (Wildman–Crippen MR) is 88.6 cm³/mol. The van der Waals surface area contributed by atoms with Crippen molar-refractivity contribution >= 4 is 6.03 Å². The molecular formula is C17H27N3O4. The summed E-state index contributed by atoms with van der Waals surface area (Å²) in [6.45, 7) is 4.78. The van der Waals surface area contributed by atoms with Crippen molar-refractivity contribution in [2.24, 2.45) is 0 Å². The molecule has 7 nitrogen and oxygen atoms in total. The van der Waals surface area contributed by atoms with Gasteiger partial charge in [0.1, 0.15) is 12.4 Å². The topological polar surface area (TPSA) is 69.4 Å². The van der Waals surface area contributed by atoms with Gasteiger partial charge in [-0.1, -0.05) is 0 Å². The van der Waals surface area contributed by atoms with Crippen LogP contribution in [0.4, 0.5) is 4.79 Å². The summed E-state index contributed by atoms with van der Waals surface area (Å²) in [5.74, 6) is 0.767. The molecule has 1 aromatic rings. The van der Waals surface area contributed by atoms with Crippen LogP contribution in [0.2, 0.25) is 0 Å². The average Bonchev–Trinajstić information content (AvgIpc) is 3.20. The number of piperidine rings is 1. The van der Waals surface area contributed by atoms with Gasteiger partial charge < -0.3 is 29.0 Å².